The van der Waals surface area contributed by atoms with E-state index in [0.29, 0.717) is 6.61 Å². The summed E-state index contributed by atoms with van der Waals surface area (Å²) in [6, 6.07) is 10.8. The molecule has 20 heavy (non-hydrogen) atoms. The Morgan fingerprint density at radius 3 is 3.00 bits per heavy atom. The lowest BCUT2D eigenvalue weighted by atomic mass is 10.0. The van der Waals surface area contributed by atoms with Crippen molar-refractivity contribution in [3.8, 4) is 5.75 Å². The minimum absolute atomic E-state index is 0.230. The van der Waals surface area contributed by atoms with Gasteiger partial charge in [0.25, 0.3) is 0 Å². The Hall–Kier alpha value is -2.16. The van der Waals surface area contributed by atoms with Crippen molar-refractivity contribution in [1.29, 1.82) is 0 Å². The zero-order chi connectivity index (χ0) is 13.9. The smallest absolute Gasteiger partial charge is 0.123 e. The van der Waals surface area contributed by atoms with Crippen LogP contribution in [0.3, 0.4) is 0 Å². The monoisotopic (exact) mass is 269 g/mol. The third-order valence-corrected chi connectivity index (χ3v) is 3.56. The predicted molar refractivity (Wildman–Crippen MR) is 78.1 cm³/mol. The van der Waals surface area contributed by atoms with E-state index in [4.69, 9.17) is 4.74 Å². The average Bonchev–Trinajstić information content (AvgIpc) is 2.48. The van der Waals surface area contributed by atoms with Gasteiger partial charge in [0, 0.05) is 12.8 Å². The highest BCUT2D eigenvalue weighted by atomic mass is 19.1. The Bertz CT molecular complexity index is 664. The number of rotatable bonds is 3. The molecular weight excluding hydrogens is 253 g/mol. The summed E-state index contributed by atoms with van der Waals surface area (Å²) in [5.74, 6) is 0.563. The van der Waals surface area contributed by atoms with Gasteiger partial charge in [0.05, 0.1) is 0 Å². The van der Waals surface area contributed by atoms with Gasteiger partial charge in [-0.15, -0.1) is 0 Å². The Labute approximate surface area is 117 Å². The molecule has 0 aromatic heterocycles. The molecular formula is C17H16FNO. The summed E-state index contributed by atoms with van der Waals surface area (Å²) in [7, 11) is 0. The molecule has 0 radical (unpaired) electrons. The van der Waals surface area contributed by atoms with Gasteiger partial charge in [0.1, 0.15) is 18.2 Å². The number of aliphatic imine (C=N–C) groups is 1. The molecule has 0 bridgehead atoms. The summed E-state index contributed by atoms with van der Waals surface area (Å²) in [5, 5.41) is 0. The highest BCUT2D eigenvalue weighted by Gasteiger charge is 2.07. The fourth-order valence-electron chi connectivity index (χ4n) is 2.32. The van der Waals surface area contributed by atoms with Gasteiger partial charge in [0.2, 0.25) is 0 Å². The first-order valence-corrected chi connectivity index (χ1v) is 6.73. The van der Waals surface area contributed by atoms with E-state index in [9.17, 15) is 4.39 Å². The minimum Gasteiger partial charge on any atom is -0.489 e. The zero-order valence-electron chi connectivity index (χ0n) is 11.4. The lowest BCUT2D eigenvalue weighted by Crippen LogP contribution is -2.04. The molecule has 3 heteroatoms. The van der Waals surface area contributed by atoms with Crippen LogP contribution in [0.1, 0.15) is 22.3 Å². The highest BCUT2D eigenvalue weighted by molar-refractivity contribution is 5.83. The van der Waals surface area contributed by atoms with E-state index in [2.05, 4.69) is 11.1 Å². The lowest BCUT2D eigenvalue weighted by Gasteiger charge is -2.13. The molecule has 1 aliphatic rings. The normalized spacial score (nSPS) is 13.1. The van der Waals surface area contributed by atoms with Crippen molar-refractivity contribution in [2.45, 2.75) is 20.0 Å². The molecule has 0 amide bonds. The predicted octanol–water partition coefficient (Wildman–Crippen LogP) is 3.69. The number of halogens is 1. The average molecular weight is 269 g/mol. The van der Waals surface area contributed by atoms with Crippen molar-refractivity contribution in [2.75, 3.05) is 6.54 Å². The third-order valence-electron chi connectivity index (χ3n) is 3.56. The first-order chi connectivity index (χ1) is 9.72. The zero-order valence-corrected chi connectivity index (χ0v) is 11.4. The minimum atomic E-state index is -0.230. The fourth-order valence-corrected chi connectivity index (χ4v) is 2.32. The van der Waals surface area contributed by atoms with E-state index in [1.54, 1.807) is 6.07 Å². The number of benzene rings is 2. The van der Waals surface area contributed by atoms with Crippen LogP contribution in [-0.2, 0) is 13.0 Å². The van der Waals surface area contributed by atoms with Gasteiger partial charge in [-0.05, 0) is 59.9 Å². The molecule has 2 aromatic carbocycles. The van der Waals surface area contributed by atoms with E-state index in [1.165, 1.54) is 17.7 Å². The van der Waals surface area contributed by atoms with Crippen LogP contribution in [0.5, 0.6) is 5.75 Å². The van der Waals surface area contributed by atoms with Gasteiger partial charge in [-0.1, -0.05) is 12.1 Å². The maximum absolute atomic E-state index is 13.2. The molecule has 0 saturated carbocycles. The van der Waals surface area contributed by atoms with Crippen molar-refractivity contribution in [3.63, 3.8) is 0 Å². The number of nitrogens with zero attached hydrogens (tertiary/aromatic N) is 1. The number of fused-ring (bicyclic) bond motifs is 1. The van der Waals surface area contributed by atoms with Gasteiger partial charge in [-0.25, -0.2) is 4.39 Å². The molecule has 102 valence electrons. The van der Waals surface area contributed by atoms with Crippen molar-refractivity contribution in [1.82, 2.24) is 0 Å². The Morgan fingerprint density at radius 1 is 1.20 bits per heavy atom. The molecule has 3 rings (SSSR count). The number of aryl methyl sites for hydroxylation is 1. The van der Waals surface area contributed by atoms with Crippen LogP contribution in [0.25, 0.3) is 0 Å². The Morgan fingerprint density at radius 2 is 2.10 bits per heavy atom. The first kappa shape index (κ1) is 12.9. The largest absolute Gasteiger partial charge is 0.489 e. The Balaban J connectivity index is 1.76. The van der Waals surface area contributed by atoms with Crippen LogP contribution in [-0.4, -0.2) is 12.8 Å². The van der Waals surface area contributed by atoms with Crippen molar-refractivity contribution >= 4 is 6.21 Å². The van der Waals surface area contributed by atoms with Crippen LogP contribution in [0, 0.1) is 12.7 Å². The SMILES string of the molecule is Cc1ccc(F)cc1COc1ccc2c(c1)C=NCC2. The fraction of sp³-hybridized carbons (Fsp3) is 0.235. The van der Waals surface area contributed by atoms with E-state index in [-0.39, 0.29) is 5.82 Å². The third kappa shape index (κ3) is 2.72. The maximum Gasteiger partial charge on any atom is 0.123 e. The van der Waals surface area contributed by atoms with Crippen LogP contribution in [0.15, 0.2) is 41.4 Å². The molecule has 0 aliphatic carbocycles. The lowest BCUT2D eigenvalue weighted by molar-refractivity contribution is 0.304. The summed E-state index contributed by atoms with van der Waals surface area (Å²) in [5.41, 5.74) is 4.32. The highest BCUT2D eigenvalue weighted by Crippen LogP contribution is 2.21. The quantitative estimate of drug-likeness (QED) is 0.832. The molecule has 2 aromatic rings. The standard InChI is InChI=1S/C17H16FNO/c1-12-2-4-16(18)8-15(12)11-20-17-5-3-13-6-7-19-10-14(13)9-17/h2-5,8-10H,6-7,11H2,1H3. The van der Waals surface area contributed by atoms with E-state index in [0.717, 1.165) is 35.4 Å². The topological polar surface area (TPSA) is 21.6 Å². The van der Waals surface area contributed by atoms with Crippen LogP contribution in [0.2, 0.25) is 0 Å². The molecule has 1 aliphatic heterocycles. The summed E-state index contributed by atoms with van der Waals surface area (Å²) < 4.78 is 19.0. The molecule has 0 spiro atoms. The van der Waals surface area contributed by atoms with Crippen molar-refractivity contribution in [2.24, 2.45) is 4.99 Å². The molecule has 0 N–H and O–H groups in total. The van der Waals surface area contributed by atoms with Gasteiger partial charge < -0.3 is 4.74 Å². The van der Waals surface area contributed by atoms with Gasteiger partial charge in [-0.2, -0.15) is 0 Å². The summed E-state index contributed by atoms with van der Waals surface area (Å²) in [6.45, 7) is 3.19. The molecule has 0 atom stereocenters. The van der Waals surface area contributed by atoms with E-state index < -0.39 is 0 Å². The summed E-state index contributed by atoms with van der Waals surface area (Å²) in [6.07, 6.45) is 2.87. The van der Waals surface area contributed by atoms with Crippen molar-refractivity contribution < 1.29 is 9.13 Å². The summed E-state index contributed by atoms with van der Waals surface area (Å²) >= 11 is 0. The van der Waals surface area contributed by atoms with Crippen LogP contribution >= 0.6 is 0 Å². The van der Waals surface area contributed by atoms with Crippen molar-refractivity contribution in [3.05, 3.63) is 64.5 Å². The second-order valence-electron chi connectivity index (χ2n) is 5.01. The molecule has 0 saturated heterocycles. The number of hydrogen-bond acceptors (Lipinski definition) is 2. The molecule has 0 unspecified atom stereocenters. The molecule has 1 heterocycles. The number of hydrogen-bond donors (Lipinski definition) is 0. The van der Waals surface area contributed by atoms with E-state index in [1.807, 2.05) is 25.3 Å². The van der Waals surface area contributed by atoms with Gasteiger partial charge in [-0.3, -0.25) is 4.99 Å². The summed E-state index contributed by atoms with van der Waals surface area (Å²) in [4.78, 5) is 4.27. The molecule has 2 nitrogen and oxygen atoms in total. The second-order valence-corrected chi connectivity index (χ2v) is 5.01. The van der Waals surface area contributed by atoms with Crippen LogP contribution < -0.4 is 4.74 Å². The van der Waals surface area contributed by atoms with Gasteiger partial charge >= 0.3 is 0 Å². The number of ether oxygens (including phenoxy) is 1. The Kier molecular flexibility index (Phi) is 3.50. The van der Waals surface area contributed by atoms with Crippen LogP contribution in [0.4, 0.5) is 4.39 Å². The first-order valence-electron chi connectivity index (χ1n) is 6.73. The van der Waals surface area contributed by atoms with E-state index >= 15 is 0 Å². The molecule has 0 fully saturated rings. The van der Waals surface area contributed by atoms with Gasteiger partial charge in [0.15, 0.2) is 0 Å². The maximum atomic E-state index is 13.2. The second kappa shape index (κ2) is 5.45.